The van der Waals surface area contributed by atoms with Gasteiger partial charge in [-0.05, 0) is 12.8 Å². The Labute approximate surface area is 122 Å². The van der Waals surface area contributed by atoms with E-state index in [0.717, 1.165) is 0 Å². The highest BCUT2D eigenvalue weighted by Gasteiger charge is 2.28. The van der Waals surface area contributed by atoms with E-state index in [2.05, 4.69) is 0 Å². The lowest BCUT2D eigenvalue weighted by Crippen LogP contribution is -2.30. The van der Waals surface area contributed by atoms with Crippen LogP contribution in [0.3, 0.4) is 0 Å². The van der Waals surface area contributed by atoms with E-state index in [9.17, 15) is 19.2 Å². The molecule has 3 rings (SSSR count). The number of ketones is 4. The Balaban J connectivity index is 2.10. The summed E-state index contributed by atoms with van der Waals surface area (Å²) in [6.07, 6.45) is 2.89. The predicted molar refractivity (Wildman–Crippen MR) is 76.0 cm³/mol. The average Bonchev–Trinajstić information content (AvgIpc) is 2.34. The van der Waals surface area contributed by atoms with Crippen LogP contribution in [0.25, 0.3) is 11.1 Å². The van der Waals surface area contributed by atoms with Gasteiger partial charge in [-0.3, -0.25) is 19.2 Å². The summed E-state index contributed by atoms with van der Waals surface area (Å²) in [5, 5.41) is 0. The lowest BCUT2D eigenvalue weighted by Gasteiger charge is -2.13. The van der Waals surface area contributed by atoms with E-state index in [1.54, 1.807) is 0 Å². The van der Waals surface area contributed by atoms with Crippen molar-refractivity contribution in [2.45, 2.75) is 38.5 Å². The molecule has 0 radical (unpaired) electrons. The second-order valence-electron chi connectivity index (χ2n) is 4.93. The number of carbonyl (C=O) groups is 4. The van der Waals surface area contributed by atoms with Gasteiger partial charge in [0.05, 0.1) is 18.8 Å². The summed E-state index contributed by atoms with van der Waals surface area (Å²) in [6.45, 7) is 0. The summed E-state index contributed by atoms with van der Waals surface area (Å²) in [5.41, 5.74) is 0.567. The first kappa shape index (κ1) is 13.6. The molecule has 0 atom stereocenters. The fourth-order valence-corrected chi connectivity index (χ4v) is 4.89. The highest BCUT2D eigenvalue weighted by atomic mass is 32.2. The van der Waals surface area contributed by atoms with Crippen LogP contribution in [0.1, 0.15) is 38.5 Å². The van der Waals surface area contributed by atoms with Gasteiger partial charge in [0.15, 0.2) is 23.1 Å². The average molecular weight is 308 g/mol. The lowest BCUT2D eigenvalue weighted by molar-refractivity contribution is -0.122. The van der Waals surface area contributed by atoms with Crippen LogP contribution in [0, 0.1) is 0 Å². The summed E-state index contributed by atoms with van der Waals surface area (Å²) in [7, 11) is 0. The van der Waals surface area contributed by atoms with Gasteiger partial charge in [0.25, 0.3) is 0 Å². The Morgan fingerprint density at radius 1 is 0.550 bits per heavy atom. The first-order chi connectivity index (χ1) is 9.58. The highest BCUT2D eigenvalue weighted by molar-refractivity contribution is 7.36. The fourth-order valence-electron chi connectivity index (χ4n) is 2.47. The van der Waals surface area contributed by atoms with Crippen LogP contribution in [0.5, 0.6) is 0 Å². The van der Waals surface area contributed by atoms with E-state index in [1.165, 1.54) is 22.7 Å². The largest absolute Gasteiger partial charge is 0.294 e. The van der Waals surface area contributed by atoms with Crippen LogP contribution < -0.4 is 7.69 Å². The number of carbonyl (C=O) groups excluding carboxylic acids is 4. The van der Waals surface area contributed by atoms with Crippen molar-refractivity contribution in [2.24, 2.45) is 0 Å². The Bertz CT molecular complexity index is 633. The van der Waals surface area contributed by atoms with Crippen LogP contribution in [-0.4, -0.2) is 23.1 Å². The van der Waals surface area contributed by atoms with E-state index in [1.807, 2.05) is 0 Å². The predicted octanol–water partition coefficient (Wildman–Crippen LogP) is 0.755. The monoisotopic (exact) mass is 308 g/mol. The lowest BCUT2D eigenvalue weighted by atomic mass is 9.93. The van der Waals surface area contributed by atoms with Crippen molar-refractivity contribution in [3.8, 4) is 0 Å². The van der Waals surface area contributed by atoms with E-state index in [-0.39, 0.29) is 34.3 Å². The van der Waals surface area contributed by atoms with Gasteiger partial charge in [-0.15, -0.1) is 22.7 Å². The molecule has 0 saturated heterocycles. The maximum atomic E-state index is 11.8. The van der Waals surface area contributed by atoms with Crippen molar-refractivity contribution in [3.05, 3.63) is 7.69 Å². The standard InChI is InChI=1S/C14H12O4S2/c15-7-3-1-4-8(16)11(7)13-19-14(20-13)12-9(17)5-2-6-10(12)18/h1-6H2. The molecule has 2 aliphatic carbocycles. The van der Waals surface area contributed by atoms with Crippen molar-refractivity contribution in [2.75, 3.05) is 0 Å². The molecule has 0 amide bonds. The summed E-state index contributed by atoms with van der Waals surface area (Å²) < 4.78 is 1.32. The summed E-state index contributed by atoms with van der Waals surface area (Å²) in [4.78, 5) is 47.2. The van der Waals surface area contributed by atoms with E-state index in [4.69, 9.17) is 0 Å². The topological polar surface area (TPSA) is 68.3 Å². The van der Waals surface area contributed by atoms with Gasteiger partial charge in [-0.25, -0.2) is 0 Å². The van der Waals surface area contributed by atoms with Crippen molar-refractivity contribution in [1.29, 1.82) is 0 Å². The smallest absolute Gasteiger partial charge is 0.168 e. The van der Waals surface area contributed by atoms with Gasteiger partial charge in [0.1, 0.15) is 0 Å². The normalized spacial score (nSPS) is 21.0. The molecule has 2 saturated carbocycles. The van der Waals surface area contributed by atoms with Crippen LogP contribution in [0.15, 0.2) is 0 Å². The molecule has 6 heteroatoms. The highest BCUT2D eigenvalue weighted by Crippen LogP contribution is 2.20. The fraction of sp³-hybridized carbons (Fsp3) is 0.429. The Hall–Kier alpha value is -1.40. The van der Waals surface area contributed by atoms with Gasteiger partial charge in [0.2, 0.25) is 0 Å². The number of hydrogen-bond donors (Lipinski definition) is 0. The number of rotatable bonds is 0. The second kappa shape index (κ2) is 5.18. The van der Waals surface area contributed by atoms with Crippen LogP contribution >= 0.6 is 22.7 Å². The number of Topliss-reactive ketones (excluding diaryl/α,β-unsaturated/α-hetero) is 4. The molecule has 1 aromatic heterocycles. The Morgan fingerprint density at radius 2 is 0.850 bits per heavy atom. The first-order valence-electron chi connectivity index (χ1n) is 6.55. The molecule has 1 heterocycles. The minimum absolute atomic E-state index is 0.110. The third-order valence-corrected chi connectivity index (χ3v) is 6.07. The van der Waals surface area contributed by atoms with Crippen molar-refractivity contribution in [3.63, 3.8) is 0 Å². The maximum absolute atomic E-state index is 11.8. The first-order valence-corrected chi connectivity index (χ1v) is 8.18. The number of hydrogen-bond acceptors (Lipinski definition) is 6. The van der Waals surface area contributed by atoms with Gasteiger partial charge >= 0.3 is 0 Å². The van der Waals surface area contributed by atoms with Gasteiger partial charge in [-0.2, -0.15) is 0 Å². The molecular weight excluding hydrogens is 296 g/mol. The molecule has 1 aromatic rings. The third-order valence-electron chi connectivity index (χ3n) is 3.51. The van der Waals surface area contributed by atoms with Crippen molar-refractivity contribution in [1.82, 2.24) is 0 Å². The second-order valence-corrected chi connectivity index (χ2v) is 7.49. The summed E-state index contributed by atoms with van der Waals surface area (Å²) in [5.74, 6) is -0.439. The van der Waals surface area contributed by atoms with E-state index in [0.29, 0.717) is 46.2 Å². The van der Waals surface area contributed by atoms with Crippen LogP contribution in [-0.2, 0) is 19.2 Å². The zero-order valence-electron chi connectivity index (χ0n) is 10.7. The SMILES string of the molecule is O=C1CCCC(=O)C1=c1sc(=C2C(=O)CCCC2=O)s1. The zero-order valence-corrected chi connectivity index (χ0v) is 12.3. The molecule has 20 heavy (non-hydrogen) atoms. The molecule has 4 nitrogen and oxygen atoms in total. The molecule has 0 aliphatic heterocycles. The van der Waals surface area contributed by atoms with E-state index >= 15 is 0 Å². The van der Waals surface area contributed by atoms with E-state index < -0.39 is 0 Å². The van der Waals surface area contributed by atoms with Gasteiger partial charge in [-0.1, -0.05) is 0 Å². The molecule has 104 valence electrons. The summed E-state index contributed by atoms with van der Waals surface area (Å²) in [6, 6.07) is 0. The molecule has 2 fully saturated rings. The van der Waals surface area contributed by atoms with Crippen molar-refractivity contribution < 1.29 is 19.2 Å². The molecule has 0 aromatic carbocycles. The Morgan fingerprint density at radius 3 is 1.15 bits per heavy atom. The molecular formula is C14H12O4S2. The van der Waals surface area contributed by atoms with Crippen LogP contribution in [0.2, 0.25) is 0 Å². The maximum Gasteiger partial charge on any atom is 0.168 e. The minimum atomic E-state index is -0.110. The molecule has 2 aliphatic rings. The minimum Gasteiger partial charge on any atom is -0.294 e. The third kappa shape index (κ3) is 2.23. The van der Waals surface area contributed by atoms with Gasteiger partial charge in [0, 0.05) is 25.7 Å². The molecule has 0 bridgehead atoms. The summed E-state index contributed by atoms with van der Waals surface area (Å²) >= 11 is 2.48. The van der Waals surface area contributed by atoms with Crippen molar-refractivity contribution >= 4 is 57.0 Å². The quantitative estimate of drug-likeness (QED) is 0.709. The van der Waals surface area contributed by atoms with Crippen LogP contribution in [0.4, 0.5) is 0 Å². The molecule has 0 unspecified atom stereocenters. The molecule has 0 spiro atoms. The molecule has 0 N–H and O–H groups in total. The zero-order chi connectivity index (χ0) is 14.3. The Kier molecular flexibility index (Phi) is 3.52. The van der Waals surface area contributed by atoms with Gasteiger partial charge < -0.3 is 0 Å².